The van der Waals surface area contributed by atoms with Gasteiger partial charge >= 0.3 is 0 Å². The Balaban J connectivity index is 2.34. The van der Waals surface area contributed by atoms with E-state index in [4.69, 9.17) is 0 Å². The average molecular weight is 248 g/mol. The minimum absolute atomic E-state index is 0.618. The van der Waals surface area contributed by atoms with Crippen LogP contribution in [0.3, 0.4) is 0 Å². The van der Waals surface area contributed by atoms with Crippen LogP contribution in [0.2, 0.25) is 0 Å². The summed E-state index contributed by atoms with van der Waals surface area (Å²) in [6.45, 7) is 9.87. The molecule has 1 unspecified atom stereocenters. The molecule has 0 aliphatic rings. The van der Waals surface area contributed by atoms with Crippen molar-refractivity contribution in [1.82, 2.24) is 10.6 Å². The monoisotopic (exact) mass is 248 g/mol. The number of nitrogens with one attached hydrogen (secondary N) is 2. The van der Waals surface area contributed by atoms with Crippen LogP contribution in [0.1, 0.15) is 44.2 Å². The summed E-state index contributed by atoms with van der Waals surface area (Å²) in [6, 6.07) is 8.96. The summed E-state index contributed by atoms with van der Waals surface area (Å²) in [4.78, 5) is 0. The Bertz CT molecular complexity index is 316. The number of benzene rings is 1. The highest BCUT2D eigenvalue weighted by atomic mass is 14.9. The summed E-state index contributed by atoms with van der Waals surface area (Å²) in [5, 5.41) is 6.79. The Morgan fingerprint density at radius 3 is 2.22 bits per heavy atom. The third kappa shape index (κ3) is 5.19. The molecule has 0 bridgehead atoms. The van der Waals surface area contributed by atoms with Crippen LogP contribution in [-0.2, 0) is 6.54 Å². The topological polar surface area (TPSA) is 24.1 Å². The molecule has 0 spiro atoms. The van der Waals surface area contributed by atoms with Crippen molar-refractivity contribution in [2.75, 3.05) is 20.1 Å². The number of hydrogen-bond donors (Lipinski definition) is 2. The molecule has 1 aromatic rings. The standard InChI is InChI=1S/C16H28N2/c1-5-14(10-17-4)11-18-12-15-6-8-16(9-7-15)13(2)3/h6-9,13-14,17-18H,5,10-12H2,1-4H3. The Labute approximate surface area is 112 Å². The van der Waals surface area contributed by atoms with E-state index in [-0.39, 0.29) is 0 Å². The maximum atomic E-state index is 3.55. The maximum absolute atomic E-state index is 3.55. The van der Waals surface area contributed by atoms with Crippen molar-refractivity contribution in [2.45, 2.75) is 39.7 Å². The normalized spacial score (nSPS) is 12.9. The molecule has 0 aromatic heterocycles. The Morgan fingerprint density at radius 2 is 1.72 bits per heavy atom. The average Bonchev–Trinajstić information content (AvgIpc) is 2.38. The predicted octanol–water partition coefficient (Wildman–Crippen LogP) is 3.15. The second-order valence-electron chi connectivity index (χ2n) is 5.36. The van der Waals surface area contributed by atoms with Crippen molar-refractivity contribution in [3.63, 3.8) is 0 Å². The second-order valence-corrected chi connectivity index (χ2v) is 5.36. The van der Waals surface area contributed by atoms with Gasteiger partial charge in [0.05, 0.1) is 0 Å². The minimum atomic E-state index is 0.618. The van der Waals surface area contributed by atoms with Crippen LogP contribution >= 0.6 is 0 Å². The maximum Gasteiger partial charge on any atom is 0.0205 e. The van der Waals surface area contributed by atoms with E-state index in [9.17, 15) is 0 Å². The molecule has 0 aliphatic carbocycles. The van der Waals surface area contributed by atoms with E-state index in [0.717, 1.165) is 25.6 Å². The highest BCUT2D eigenvalue weighted by molar-refractivity contribution is 5.24. The molecule has 0 amide bonds. The lowest BCUT2D eigenvalue weighted by atomic mass is 10.0. The first kappa shape index (κ1) is 15.2. The van der Waals surface area contributed by atoms with Crippen LogP contribution in [-0.4, -0.2) is 20.1 Å². The van der Waals surface area contributed by atoms with Crippen LogP contribution < -0.4 is 10.6 Å². The fourth-order valence-electron chi connectivity index (χ4n) is 2.09. The molecule has 0 saturated heterocycles. The second kappa shape index (κ2) is 8.28. The lowest BCUT2D eigenvalue weighted by molar-refractivity contribution is 0.445. The van der Waals surface area contributed by atoms with E-state index in [1.54, 1.807) is 0 Å². The molecule has 0 radical (unpaired) electrons. The first-order valence-electron chi connectivity index (χ1n) is 7.11. The van der Waals surface area contributed by atoms with Gasteiger partial charge in [-0.15, -0.1) is 0 Å². The molecule has 1 rings (SSSR count). The van der Waals surface area contributed by atoms with Crippen molar-refractivity contribution < 1.29 is 0 Å². The highest BCUT2D eigenvalue weighted by Crippen LogP contribution is 2.14. The van der Waals surface area contributed by atoms with E-state index in [1.165, 1.54) is 17.5 Å². The zero-order chi connectivity index (χ0) is 13.4. The van der Waals surface area contributed by atoms with E-state index in [1.807, 2.05) is 7.05 Å². The number of rotatable bonds is 8. The predicted molar refractivity (Wildman–Crippen MR) is 79.9 cm³/mol. The van der Waals surface area contributed by atoms with Crippen LogP contribution in [0, 0.1) is 5.92 Å². The van der Waals surface area contributed by atoms with Crippen molar-refractivity contribution in [3.05, 3.63) is 35.4 Å². The highest BCUT2D eigenvalue weighted by Gasteiger charge is 2.04. The molecule has 102 valence electrons. The molecule has 1 aromatic carbocycles. The van der Waals surface area contributed by atoms with Gasteiger partial charge in [-0.2, -0.15) is 0 Å². The molecule has 18 heavy (non-hydrogen) atoms. The summed E-state index contributed by atoms with van der Waals surface area (Å²) in [7, 11) is 2.02. The van der Waals surface area contributed by atoms with Gasteiger partial charge in [0.25, 0.3) is 0 Å². The fourth-order valence-corrected chi connectivity index (χ4v) is 2.09. The van der Waals surface area contributed by atoms with Crippen molar-refractivity contribution >= 4 is 0 Å². The molecule has 1 atom stereocenters. The molecule has 2 heteroatoms. The molecule has 2 nitrogen and oxygen atoms in total. The van der Waals surface area contributed by atoms with Crippen LogP contribution in [0.4, 0.5) is 0 Å². The molecule has 0 fully saturated rings. The van der Waals surface area contributed by atoms with E-state index in [0.29, 0.717) is 5.92 Å². The minimum Gasteiger partial charge on any atom is -0.319 e. The molecular weight excluding hydrogens is 220 g/mol. The van der Waals surface area contributed by atoms with Gasteiger partial charge in [0.15, 0.2) is 0 Å². The third-order valence-corrected chi connectivity index (χ3v) is 3.48. The van der Waals surface area contributed by atoms with Gasteiger partial charge in [-0.3, -0.25) is 0 Å². The largest absolute Gasteiger partial charge is 0.319 e. The summed E-state index contributed by atoms with van der Waals surface area (Å²) in [5.74, 6) is 1.34. The van der Waals surface area contributed by atoms with Crippen LogP contribution in [0.5, 0.6) is 0 Å². The Kier molecular flexibility index (Phi) is 6.99. The third-order valence-electron chi connectivity index (χ3n) is 3.48. The van der Waals surface area contributed by atoms with Crippen molar-refractivity contribution in [1.29, 1.82) is 0 Å². The zero-order valence-electron chi connectivity index (χ0n) is 12.3. The summed E-state index contributed by atoms with van der Waals surface area (Å²) in [6.07, 6.45) is 1.22. The summed E-state index contributed by atoms with van der Waals surface area (Å²) < 4.78 is 0. The van der Waals surface area contributed by atoms with Gasteiger partial charge in [-0.05, 0) is 43.1 Å². The molecule has 0 saturated carbocycles. The van der Waals surface area contributed by atoms with Crippen molar-refractivity contribution in [3.8, 4) is 0 Å². The summed E-state index contributed by atoms with van der Waals surface area (Å²) >= 11 is 0. The lowest BCUT2D eigenvalue weighted by Crippen LogP contribution is -2.29. The molecule has 0 heterocycles. The molecule has 2 N–H and O–H groups in total. The van der Waals surface area contributed by atoms with Gasteiger partial charge in [-0.1, -0.05) is 51.5 Å². The smallest absolute Gasteiger partial charge is 0.0205 e. The van der Waals surface area contributed by atoms with Gasteiger partial charge < -0.3 is 10.6 Å². The Hall–Kier alpha value is -0.860. The van der Waals surface area contributed by atoms with E-state index < -0.39 is 0 Å². The Morgan fingerprint density at radius 1 is 1.06 bits per heavy atom. The zero-order valence-corrected chi connectivity index (χ0v) is 12.3. The van der Waals surface area contributed by atoms with E-state index in [2.05, 4.69) is 55.7 Å². The molecule has 0 aliphatic heterocycles. The van der Waals surface area contributed by atoms with Gasteiger partial charge in [-0.25, -0.2) is 0 Å². The number of hydrogen-bond acceptors (Lipinski definition) is 2. The molecular formula is C16H28N2. The first-order valence-corrected chi connectivity index (χ1v) is 7.11. The van der Waals surface area contributed by atoms with Crippen molar-refractivity contribution in [2.24, 2.45) is 5.92 Å². The lowest BCUT2D eigenvalue weighted by Gasteiger charge is -2.15. The van der Waals surface area contributed by atoms with Crippen LogP contribution in [0.15, 0.2) is 24.3 Å². The van der Waals surface area contributed by atoms with Crippen LogP contribution in [0.25, 0.3) is 0 Å². The van der Waals surface area contributed by atoms with Gasteiger partial charge in [0.2, 0.25) is 0 Å². The van der Waals surface area contributed by atoms with E-state index >= 15 is 0 Å². The van der Waals surface area contributed by atoms with Gasteiger partial charge in [0.1, 0.15) is 0 Å². The summed E-state index contributed by atoms with van der Waals surface area (Å²) in [5.41, 5.74) is 2.79. The fraction of sp³-hybridized carbons (Fsp3) is 0.625. The first-order chi connectivity index (χ1) is 8.67. The quantitative estimate of drug-likeness (QED) is 0.738. The SMILES string of the molecule is CCC(CNC)CNCc1ccc(C(C)C)cc1. The van der Waals surface area contributed by atoms with Gasteiger partial charge in [0, 0.05) is 6.54 Å².